The molecular weight excluding hydrogens is 252 g/mol. The number of H-pyrrole nitrogens is 1. The number of nitrogens with zero attached hydrogens (tertiary/aromatic N) is 1. The first kappa shape index (κ1) is 13.2. The molecule has 1 aliphatic heterocycles. The topological polar surface area (TPSA) is 45.3 Å². The van der Waals surface area contributed by atoms with Gasteiger partial charge in [0.1, 0.15) is 6.10 Å². The van der Waals surface area contributed by atoms with Crippen molar-refractivity contribution in [2.75, 3.05) is 13.7 Å². The molecule has 2 heterocycles. The molecule has 1 amide bonds. The molecular formula is C16H20N2O2. The lowest BCUT2D eigenvalue weighted by Crippen LogP contribution is -2.43. The van der Waals surface area contributed by atoms with E-state index in [0.717, 1.165) is 24.2 Å². The first-order chi connectivity index (χ1) is 9.63. The largest absolute Gasteiger partial charge is 0.372 e. The molecule has 0 aliphatic carbocycles. The Morgan fingerprint density at radius 3 is 2.95 bits per heavy atom. The predicted molar refractivity (Wildman–Crippen MR) is 78.6 cm³/mol. The van der Waals surface area contributed by atoms with E-state index in [4.69, 9.17) is 4.74 Å². The number of benzene rings is 1. The average Bonchev–Trinajstić information content (AvgIpc) is 2.86. The minimum atomic E-state index is -0.386. The van der Waals surface area contributed by atoms with E-state index in [1.54, 1.807) is 14.0 Å². The molecule has 4 heteroatoms. The van der Waals surface area contributed by atoms with E-state index in [1.165, 1.54) is 10.9 Å². The fourth-order valence-corrected chi connectivity index (χ4v) is 3.06. The van der Waals surface area contributed by atoms with Gasteiger partial charge in [-0.15, -0.1) is 0 Å². The Labute approximate surface area is 118 Å². The Balaban J connectivity index is 1.98. The predicted octanol–water partition coefficient (Wildman–Crippen LogP) is 2.65. The molecule has 1 aromatic heterocycles. The van der Waals surface area contributed by atoms with Gasteiger partial charge >= 0.3 is 0 Å². The van der Waals surface area contributed by atoms with Gasteiger partial charge in [0, 0.05) is 30.3 Å². The molecule has 0 unspecified atom stereocenters. The van der Waals surface area contributed by atoms with Crippen LogP contribution in [0, 0.1) is 0 Å². The van der Waals surface area contributed by atoms with Crippen molar-refractivity contribution in [3.05, 3.63) is 35.5 Å². The molecule has 0 bridgehead atoms. The molecule has 0 radical (unpaired) electrons. The second kappa shape index (κ2) is 4.94. The molecule has 0 fully saturated rings. The zero-order chi connectivity index (χ0) is 14.3. The highest BCUT2D eigenvalue weighted by molar-refractivity contribution is 5.86. The standard InChI is InChI=1S/C16H20N2O2/c1-10-15-13(12-6-4-5-7-14(12)17-15)8-9-18(10)16(19)11(2)20-3/h4-7,10-11,17H,8-9H2,1-3H3/t10-,11-/m1/s1. The van der Waals surface area contributed by atoms with Gasteiger partial charge in [-0.3, -0.25) is 4.79 Å². The molecule has 0 spiro atoms. The number of aromatic nitrogens is 1. The summed E-state index contributed by atoms with van der Waals surface area (Å²) in [6, 6.07) is 8.39. The van der Waals surface area contributed by atoms with Crippen LogP contribution in [0.2, 0.25) is 0 Å². The highest BCUT2D eigenvalue weighted by Gasteiger charge is 2.32. The van der Waals surface area contributed by atoms with E-state index in [9.17, 15) is 4.79 Å². The Hall–Kier alpha value is -1.81. The van der Waals surface area contributed by atoms with E-state index < -0.39 is 0 Å². The van der Waals surface area contributed by atoms with E-state index in [1.807, 2.05) is 11.0 Å². The summed E-state index contributed by atoms with van der Waals surface area (Å²) in [7, 11) is 1.57. The molecule has 1 aliphatic rings. The van der Waals surface area contributed by atoms with E-state index in [2.05, 4.69) is 30.1 Å². The van der Waals surface area contributed by atoms with E-state index in [0.29, 0.717) is 0 Å². The number of fused-ring (bicyclic) bond motifs is 3. The van der Waals surface area contributed by atoms with Crippen molar-refractivity contribution in [3.8, 4) is 0 Å². The minimum Gasteiger partial charge on any atom is -0.372 e. The Morgan fingerprint density at radius 1 is 1.45 bits per heavy atom. The maximum absolute atomic E-state index is 12.4. The summed E-state index contributed by atoms with van der Waals surface area (Å²) < 4.78 is 5.16. The maximum atomic E-state index is 12.4. The van der Waals surface area contributed by atoms with Gasteiger partial charge in [-0.1, -0.05) is 18.2 Å². The summed E-state index contributed by atoms with van der Waals surface area (Å²) >= 11 is 0. The van der Waals surface area contributed by atoms with Crippen LogP contribution in [0.1, 0.15) is 31.1 Å². The van der Waals surface area contributed by atoms with Crippen molar-refractivity contribution in [3.63, 3.8) is 0 Å². The van der Waals surface area contributed by atoms with Gasteiger partial charge in [-0.2, -0.15) is 0 Å². The van der Waals surface area contributed by atoms with Crippen LogP contribution in [0.4, 0.5) is 0 Å². The monoisotopic (exact) mass is 272 g/mol. The number of hydrogen-bond acceptors (Lipinski definition) is 2. The van der Waals surface area contributed by atoms with Crippen molar-refractivity contribution in [1.29, 1.82) is 0 Å². The maximum Gasteiger partial charge on any atom is 0.251 e. The van der Waals surface area contributed by atoms with Crippen LogP contribution in [-0.4, -0.2) is 35.5 Å². The van der Waals surface area contributed by atoms with E-state index in [-0.39, 0.29) is 18.1 Å². The summed E-state index contributed by atoms with van der Waals surface area (Å²) in [5.41, 5.74) is 3.66. The third kappa shape index (κ3) is 1.91. The van der Waals surface area contributed by atoms with Crippen molar-refractivity contribution in [2.24, 2.45) is 0 Å². The molecule has 4 nitrogen and oxygen atoms in total. The third-order valence-corrected chi connectivity index (χ3v) is 4.32. The zero-order valence-corrected chi connectivity index (χ0v) is 12.1. The molecule has 3 rings (SSSR count). The van der Waals surface area contributed by atoms with Gasteiger partial charge in [0.15, 0.2) is 0 Å². The fraction of sp³-hybridized carbons (Fsp3) is 0.438. The number of nitrogens with one attached hydrogen (secondary N) is 1. The average molecular weight is 272 g/mol. The van der Waals surface area contributed by atoms with Crippen molar-refractivity contribution >= 4 is 16.8 Å². The highest BCUT2D eigenvalue weighted by atomic mass is 16.5. The summed E-state index contributed by atoms with van der Waals surface area (Å²) in [6.45, 7) is 4.63. The number of ether oxygens (including phenoxy) is 1. The van der Waals surface area contributed by atoms with Crippen LogP contribution in [0.5, 0.6) is 0 Å². The van der Waals surface area contributed by atoms with Gasteiger partial charge in [-0.05, 0) is 31.9 Å². The minimum absolute atomic E-state index is 0.0595. The van der Waals surface area contributed by atoms with Gasteiger partial charge in [0.2, 0.25) is 0 Å². The lowest BCUT2D eigenvalue weighted by Gasteiger charge is -2.35. The molecule has 2 atom stereocenters. The normalized spacial score (nSPS) is 19.9. The number of methoxy groups -OCH3 is 1. The molecule has 20 heavy (non-hydrogen) atoms. The van der Waals surface area contributed by atoms with Gasteiger partial charge in [0.05, 0.1) is 6.04 Å². The molecule has 106 valence electrons. The van der Waals surface area contributed by atoms with Gasteiger partial charge < -0.3 is 14.6 Å². The van der Waals surface area contributed by atoms with Gasteiger partial charge in [0.25, 0.3) is 5.91 Å². The van der Waals surface area contributed by atoms with Crippen molar-refractivity contribution in [1.82, 2.24) is 9.88 Å². The van der Waals surface area contributed by atoms with E-state index >= 15 is 0 Å². The second-order valence-corrected chi connectivity index (χ2v) is 5.40. The van der Waals surface area contributed by atoms with Crippen molar-refractivity contribution in [2.45, 2.75) is 32.4 Å². The Bertz CT molecular complexity index is 647. The first-order valence-corrected chi connectivity index (χ1v) is 7.06. The van der Waals surface area contributed by atoms with Crippen LogP contribution >= 0.6 is 0 Å². The molecule has 2 aromatic rings. The van der Waals surface area contributed by atoms with Crippen LogP contribution < -0.4 is 0 Å². The number of carbonyl (C=O) groups excluding carboxylic acids is 1. The first-order valence-electron chi connectivity index (χ1n) is 7.06. The van der Waals surface area contributed by atoms with Crippen LogP contribution in [0.3, 0.4) is 0 Å². The molecule has 1 N–H and O–H groups in total. The van der Waals surface area contributed by atoms with Gasteiger partial charge in [-0.25, -0.2) is 0 Å². The number of carbonyl (C=O) groups is 1. The Kier molecular flexibility index (Phi) is 3.26. The number of amides is 1. The summed E-state index contributed by atoms with van der Waals surface area (Å²) in [4.78, 5) is 17.7. The molecule has 0 saturated carbocycles. The van der Waals surface area contributed by atoms with Crippen molar-refractivity contribution < 1.29 is 9.53 Å². The highest BCUT2D eigenvalue weighted by Crippen LogP contribution is 2.34. The summed E-state index contributed by atoms with van der Waals surface area (Å²) in [5, 5.41) is 1.28. The third-order valence-electron chi connectivity index (χ3n) is 4.32. The number of hydrogen-bond donors (Lipinski definition) is 1. The molecule has 0 saturated heterocycles. The van der Waals surface area contributed by atoms with Crippen LogP contribution in [0.15, 0.2) is 24.3 Å². The number of aromatic amines is 1. The summed E-state index contributed by atoms with van der Waals surface area (Å²) in [5.74, 6) is 0.0595. The zero-order valence-electron chi connectivity index (χ0n) is 12.1. The number of rotatable bonds is 2. The molecule has 1 aromatic carbocycles. The SMILES string of the molecule is CO[C@H](C)C(=O)N1CCc2c([nH]c3ccccc23)[C@H]1C. The fourth-order valence-electron chi connectivity index (χ4n) is 3.06. The lowest BCUT2D eigenvalue weighted by molar-refractivity contribution is -0.143. The quantitative estimate of drug-likeness (QED) is 0.913. The Morgan fingerprint density at radius 2 is 2.20 bits per heavy atom. The van der Waals surface area contributed by atoms with Crippen LogP contribution in [0.25, 0.3) is 10.9 Å². The smallest absolute Gasteiger partial charge is 0.251 e. The lowest BCUT2D eigenvalue weighted by atomic mass is 9.98. The summed E-state index contributed by atoms with van der Waals surface area (Å²) in [6.07, 6.45) is 0.509. The van der Waals surface area contributed by atoms with Crippen LogP contribution in [-0.2, 0) is 16.0 Å². The second-order valence-electron chi connectivity index (χ2n) is 5.40. The number of para-hydroxylation sites is 1.